The van der Waals surface area contributed by atoms with Gasteiger partial charge < -0.3 is 15.0 Å². The van der Waals surface area contributed by atoms with Gasteiger partial charge in [0.25, 0.3) is 5.91 Å². The zero-order valence-corrected chi connectivity index (χ0v) is 12.8. The molecule has 2 aromatic rings. The smallest absolute Gasteiger partial charge is 0.269 e. The van der Waals surface area contributed by atoms with Gasteiger partial charge in [-0.15, -0.1) is 0 Å². The van der Waals surface area contributed by atoms with Crippen LogP contribution in [0.3, 0.4) is 0 Å². The fraction of sp³-hybridized carbons (Fsp3) is 0.400. The van der Waals surface area contributed by atoms with Gasteiger partial charge in [0, 0.05) is 5.56 Å². The Balaban J connectivity index is 2.04. The first-order chi connectivity index (χ1) is 10.5. The van der Waals surface area contributed by atoms with E-state index in [1.54, 1.807) is 17.0 Å². The molecular weight excluding hydrogens is 284 g/mol. The molecule has 7 heteroatoms. The standard InChI is InChI=1S/C15H18N4O3/c1-4-11-15(20)19(7-10-8(2)18-22-9(10)3)14-12(21-11)5-6-13(16)17-14/h5-6,11H,4,7H2,1-3H3,(H2,16,17). The van der Waals surface area contributed by atoms with Gasteiger partial charge >= 0.3 is 0 Å². The average molecular weight is 302 g/mol. The van der Waals surface area contributed by atoms with Crippen molar-refractivity contribution in [1.29, 1.82) is 0 Å². The van der Waals surface area contributed by atoms with Gasteiger partial charge in [0.1, 0.15) is 11.6 Å². The lowest BCUT2D eigenvalue weighted by atomic mass is 10.1. The van der Waals surface area contributed by atoms with Crippen LogP contribution in [0.2, 0.25) is 0 Å². The molecule has 0 saturated carbocycles. The van der Waals surface area contributed by atoms with Crippen LogP contribution in [0.25, 0.3) is 0 Å². The molecule has 0 spiro atoms. The number of aryl methyl sites for hydroxylation is 2. The second-order valence-corrected chi connectivity index (χ2v) is 5.30. The van der Waals surface area contributed by atoms with Crippen molar-refractivity contribution in [2.24, 2.45) is 0 Å². The van der Waals surface area contributed by atoms with Gasteiger partial charge in [-0.2, -0.15) is 0 Å². The summed E-state index contributed by atoms with van der Waals surface area (Å²) in [6.07, 6.45) is 0.0687. The van der Waals surface area contributed by atoms with Crippen molar-refractivity contribution in [3.63, 3.8) is 0 Å². The van der Waals surface area contributed by atoms with Crippen molar-refractivity contribution < 1.29 is 14.1 Å². The van der Waals surface area contributed by atoms with Crippen molar-refractivity contribution in [1.82, 2.24) is 10.1 Å². The lowest BCUT2D eigenvalue weighted by molar-refractivity contribution is -0.126. The van der Waals surface area contributed by atoms with E-state index in [4.69, 9.17) is 15.0 Å². The maximum absolute atomic E-state index is 12.6. The molecule has 0 aliphatic carbocycles. The highest BCUT2D eigenvalue weighted by Crippen LogP contribution is 2.35. The number of nitrogens with two attached hydrogens (primary N) is 1. The summed E-state index contributed by atoms with van der Waals surface area (Å²) in [6, 6.07) is 3.41. The van der Waals surface area contributed by atoms with Gasteiger partial charge in [-0.1, -0.05) is 12.1 Å². The van der Waals surface area contributed by atoms with Gasteiger partial charge in [-0.05, 0) is 32.4 Å². The number of nitrogens with zero attached hydrogens (tertiary/aromatic N) is 3. The summed E-state index contributed by atoms with van der Waals surface area (Å²) in [5.41, 5.74) is 7.39. The van der Waals surface area contributed by atoms with Gasteiger partial charge in [-0.3, -0.25) is 9.69 Å². The van der Waals surface area contributed by atoms with Crippen molar-refractivity contribution >= 4 is 17.5 Å². The van der Waals surface area contributed by atoms with Crippen molar-refractivity contribution in [2.45, 2.75) is 39.8 Å². The van der Waals surface area contributed by atoms with E-state index >= 15 is 0 Å². The van der Waals surface area contributed by atoms with E-state index in [9.17, 15) is 4.79 Å². The van der Waals surface area contributed by atoms with Crippen molar-refractivity contribution in [3.8, 4) is 5.75 Å². The van der Waals surface area contributed by atoms with Crippen LogP contribution in [-0.2, 0) is 11.3 Å². The molecular formula is C15H18N4O3. The number of rotatable bonds is 3. The Bertz CT molecular complexity index is 706. The Morgan fingerprint density at radius 3 is 2.77 bits per heavy atom. The van der Waals surface area contributed by atoms with Crippen molar-refractivity contribution in [3.05, 3.63) is 29.2 Å². The van der Waals surface area contributed by atoms with E-state index in [-0.39, 0.29) is 5.91 Å². The summed E-state index contributed by atoms with van der Waals surface area (Å²) >= 11 is 0. The van der Waals surface area contributed by atoms with Crippen LogP contribution in [0.15, 0.2) is 16.7 Å². The van der Waals surface area contributed by atoms with Crippen molar-refractivity contribution in [2.75, 3.05) is 10.6 Å². The van der Waals surface area contributed by atoms with Crippen LogP contribution in [0.5, 0.6) is 5.75 Å². The molecule has 1 aliphatic rings. The molecule has 2 aromatic heterocycles. The lowest BCUT2D eigenvalue weighted by Gasteiger charge is -2.33. The minimum absolute atomic E-state index is 0.131. The molecule has 0 saturated heterocycles. The van der Waals surface area contributed by atoms with Crippen LogP contribution in [0, 0.1) is 13.8 Å². The summed E-state index contributed by atoms with van der Waals surface area (Å²) in [6.45, 7) is 5.92. The topological polar surface area (TPSA) is 94.5 Å². The molecule has 1 unspecified atom stereocenters. The molecule has 0 fully saturated rings. The molecule has 3 rings (SSSR count). The summed E-state index contributed by atoms with van der Waals surface area (Å²) in [7, 11) is 0. The largest absolute Gasteiger partial charge is 0.477 e. The van der Waals surface area contributed by atoms with E-state index in [0.29, 0.717) is 36.1 Å². The third-order valence-electron chi connectivity index (χ3n) is 3.80. The summed E-state index contributed by atoms with van der Waals surface area (Å²) in [5, 5.41) is 3.93. The van der Waals surface area contributed by atoms with Crippen LogP contribution in [0.4, 0.5) is 11.6 Å². The Morgan fingerprint density at radius 2 is 2.14 bits per heavy atom. The van der Waals surface area contributed by atoms with Gasteiger partial charge in [0.2, 0.25) is 0 Å². The molecule has 0 bridgehead atoms. The number of nitrogen functional groups attached to an aromatic ring is 1. The van der Waals surface area contributed by atoms with Crippen LogP contribution >= 0.6 is 0 Å². The molecule has 7 nitrogen and oxygen atoms in total. The summed E-state index contributed by atoms with van der Waals surface area (Å²) < 4.78 is 10.9. The Morgan fingerprint density at radius 1 is 1.36 bits per heavy atom. The number of carbonyl (C=O) groups is 1. The second kappa shape index (κ2) is 5.32. The SMILES string of the molecule is CCC1Oc2ccc(N)nc2N(Cc2c(C)noc2C)C1=O. The van der Waals surface area contributed by atoms with Gasteiger partial charge in [-0.25, -0.2) is 4.98 Å². The lowest BCUT2D eigenvalue weighted by Crippen LogP contribution is -2.45. The monoisotopic (exact) mass is 302 g/mol. The normalized spacial score (nSPS) is 17.3. The third-order valence-corrected chi connectivity index (χ3v) is 3.80. The molecule has 3 heterocycles. The first kappa shape index (κ1) is 14.4. The van der Waals surface area contributed by atoms with E-state index in [1.165, 1.54) is 0 Å². The molecule has 1 atom stereocenters. The number of amides is 1. The number of pyridine rings is 1. The van der Waals surface area contributed by atoms with E-state index in [0.717, 1.165) is 11.3 Å². The highest BCUT2D eigenvalue weighted by Gasteiger charge is 2.35. The highest BCUT2D eigenvalue weighted by atomic mass is 16.5. The molecule has 116 valence electrons. The number of aromatic nitrogens is 2. The Hall–Kier alpha value is -2.57. The predicted molar refractivity (Wildman–Crippen MR) is 80.5 cm³/mol. The van der Waals surface area contributed by atoms with Crippen LogP contribution in [0.1, 0.15) is 30.4 Å². The molecule has 0 radical (unpaired) electrons. The molecule has 1 amide bonds. The van der Waals surface area contributed by atoms with E-state index in [2.05, 4.69) is 10.1 Å². The van der Waals surface area contributed by atoms with Crippen LogP contribution in [-0.4, -0.2) is 22.2 Å². The minimum atomic E-state index is -0.515. The number of fused-ring (bicyclic) bond motifs is 1. The third kappa shape index (κ3) is 2.28. The van der Waals surface area contributed by atoms with Gasteiger partial charge in [0.15, 0.2) is 17.7 Å². The fourth-order valence-corrected chi connectivity index (χ4v) is 2.51. The quantitative estimate of drug-likeness (QED) is 0.931. The average Bonchev–Trinajstić information content (AvgIpc) is 2.81. The number of ether oxygens (including phenoxy) is 1. The molecule has 0 aromatic carbocycles. The summed E-state index contributed by atoms with van der Waals surface area (Å²) in [5.74, 6) is 1.90. The summed E-state index contributed by atoms with van der Waals surface area (Å²) in [4.78, 5) is 18.5. The first-order valence-corrected chi connectivity index (χ1v) is 7.17. The predicted octanol–water partition coefficient (Wildman–Crippen LogP) is 1.97. The first-order valence-electron chi connectivity index (χ1n) is 7.17. The van der Waals surface area contributed by atoms with E-state index in [1.807, 2.05) is 20.8 Å². The maximum Gasteiger partial charge on any atom is 0.269 e. The maximum atomic E-state index is 12.6. The number of hydrogen-bond donors (Lipinski definition) is 1. The van der Waals surface area contributed by atoms with Gasteiger partial charge in [0.05, 0.1) is 12.2 Å². The Labute approximate surface area is 128 Å². The number of carbonyl (C=O) groups excluding carboxylic acids is 1. The zero-order chi connectivity index (χ0) is 15.9. The number of hydrogen-bond acceptors (Lipinski definition) is 6. The second-order valence-electron chi connectivity index (χ2n) is 5.30. The molecule has 2 N–H and O–H groups in total. The fourth-order valence-electron chi connectivity index (χ4n) is 2.51. The zero-order valence-electron chi connectivity index (χ0n) is 12.8. The highest BCUT2D eigenvalue weighted by molar-refractivity contribution is 5.99. The Kier molecular flexibility index (Phi) is 3.48. The van der Waals surface area contributed by atoms with Crippen LogP contribution < -0.4 is 15.4 Å². The molecule has 22 heavy (non-hydrogen) atoms. The van der Waals surface area contributed by atoms with E-state index < -0.39 is 6.10 Å². The number of anilines is 2. The molecule has 1 aliphatic heterocycles. The minimum Gasteiger partial charge on any atom is -0.477 e.